The Hall–Kier alpha value is -1.84. The van der Waals surface area contributed by atoms with Crippen LogP contribution in [0.3, 0.4) is 0 Å². The van der Waals surface area contributed by atoms with Crippen molar-refractivity contribution in [2.45, 2.75) is 78.1 Å². The van der Waals surface area contributed by atoms with Crippen molar-refractivity contribution in [2.75, 3.05) is 0 Å². The second kappa shape index (κ2) is 11.0. The van der Waals surface area contributed by atoms with Crippen LogP contribution in [0.4, 0.5) is 8.78 Å². The van der Waals surface area contributed by atoms with Gasteiger partial charge in [-0.25, -0.2) is 18.7 Å². The molecule has 26 heavy (non-hydrogen) atoms. The molecule has 0 saturated carbocycles. The molecule has 1 aromatic carbocycles. The molecule has 0 unspecified atom stereocenters. The molecule has 0 bridgehead atoms. The lowest BCUT2D eigenvalue weighted by molar-refractivity contribution is 0.500. The summed E-state index contributed by atoms with van der Waals surface area (Å²) < 4.78 is 28.4. The van der Waals surface area contributed by atoms with Crippen molar-refractivity contribution < 1.29 is 8.78 Å². The lowest BCUT2D eigenvalue weighted by Crippen LogP contribution is -2.00. The summed E-state index contributed by atoms with van der Waals surface area (Å²) in [4.78, 5) is 8.50. The molecule has 2 aromatic rings. The van der Waals surface area contributed by atoms with Crippen LogP contribution in [0, 0.1) is 11.6 Å². The minimum absolute atomic E-state index is 0.129. The Morgan fingerprint density at radius 2 is 1.38 bits per heavy atom. The van der Waals surface area contributed by atoms with Crippen molar-refractivity contribution in [1.29, 1.82) is 0 Å². The fourth-order valence-electron chi connectivity index (χ4n) is 3.13. The van der Waals surface area contributed by atoms with Crippen LogP contribution >= 0.6 is 0 Å². The summed E-state index contributed by atoms with van der Waals surface area (Å²) in [5.41, 5.74) is 1.58. The fraction of sp³-hybridized carbons (Fsp3) is 0.545. The van der Waals surface area contributed by atoms with Gasteiger partial charge in [0.05, 0.1) is 5.56 Å². The van der Waals surface area contributed by atoms with Gasteiger partial charge in [0.2, 0.25) is 0 Å². The zero-order chi connectivity index (χ0) is 18.8. The van der Waals surface area contributed by atoms with Crippen molar-refractivity contribution in [1.82, 2.24) is 9.97 Å². The van der Waals surface area contributed by atoms with E-state index in [1.165, 1.54) is 38.5 Å². The molecule has 0 N–H and O–H groups in total. The van der Waals surface area contributed by atoms with Crippen molar-refractivity contribution in [3.8, 4) is 11.4 Å². The molecule has 1 heterocycles. The van der Waals surface area contributed by atoms with Gasteiger partial charge in [-0.3, -0.25) is 0 Å². The minimum atomic E-state index is -0.851. The smallest absolute Gasteiger partial charge is 0.170 e. The molecule has 0 aliphatic carbocycles. The zero-order valence-corrected chi connectivity index (χ0v) is 16.0. The third-order valence-corrected chi connectivity index (χ3v) is 4.70. The molecule has 1 aromatic heterocycles. The monoisotopic (exact) mass is 360 g/mol. The number of hydrogen-bond donors (Lipinski definition) is 0. The van der Waals surface area contributed by atoms with Crippen LogP contribution in [-0.4, -0.2) is 9.97 Å². The highest BCUT2D eigenvalue weighted by Gasteiger charge is 2.16. The molecule has 0 aliphatic rings. The maximum Gasteiger partial charge on any atom is 0.170 e. The summed E-state index contributed by atoms with van der Waals surface area (Å²) in [5, 5.41) is 0. The molecular formula is C22H30F2N2. The van der Waals surface area contributed by atoms with E-state index in [-0.39, 0.29) is 11.4 Å². The molecule has 0 amide bonds. The number of rotatable bonds is 11. The maximum atomic E-state index is 14.3. The predicted octanol–water partition coefficient (Wildman–Crippen LogP) is 6.67. The Morgan fingerprint density at radius 3 is 2.04 bits per heavy atom. The van der Waals surface area contributed by atoms with Crippen LogP contribution in [0.1, 0.15) is 76.3 Å². The molecule has 2 nitrogen and oxygen atoms in total. The van der Waals surface area contributed by atoms with Crippen LogP contribution < -0.4 is 0 Å². The first-order valence-corrected chi connectivity index (χ1v) is 9.95. The first-order chi connectivity index (χ1) is 12.7. The third-order valence-electron chi connectivity index (χ3n) is 4.70. The van der Waals surface area contributed by atoms with Gasteiger partial charge < -0.3 is 0 Å². The first kappa shape index (κ1) is 20.5. The zero-order valence-electron chi connectivity index (χ0n) is 16.0. The number of nitrogens with zero attached hydrogens (tertiary/aromatic N) is 2. The van der Waals surface area contributed by atoms with Crippen LogP contribution in [0.15, 0.2) is 24.5 Å². The van der Waals surface area contributed by atoms with Gasteiger partial charge in [-0.15, -0.1) is 0 Å². The van der Waals surface area contributed by atoms with E-state index in [0.29, 0.717) is 12.0 Å². The minimum Gasteiger partial charge on any atom is -0.236 e. The molecular weight excluding hydrogens is 330 g/mol. The highest BCUT2D eigenvalue weighted by molar-refractivity contribution is 5.56. The van der Waals surface area contributed by atoms with Crippen LogP contribution in [0.2, 0.25) is 0 Å². The van der Waals surface area contributed by atoms with E-state index in [9.17, 15) is 8.78 Å². The van der Waals surface area contributed by atoms with Crippen molar-refractivity contribution >= 4 is 0 Å². The fourth-order valence-corrected chi connectivity index (χ4v) is 3.13. The average molecular weight is 360 g/mol. The standard InChI is InChI=1S/C22H30F2N2/c1-3-5-6-7-8-9-10-12-17-15-25-22(26-16-17)19-14-13-18(11-4-2)20(23)21(19)24/h13-16H,3-12H2,1-2H3. The van der Waals surface area contributed by atoms with E-state index < -0.39 is 11.6 Å². The van der Waals surface area contributed by atoms with Gasteiger partial charge in [-0.2, -0.15) is 0 Å². The normalized spacial score (nSPS) is 11.1. The molecule has 0 radical (unpaired) electrons. The number of unbranched alkanes of at least 4 members (excludes halogenated alkanes) is 6. The molecule has 4 heteroatoms. The Labute approximate surface area is 156 Å². The number of benzene rings is 1. The Morgan fingerprint density at radius 1 is 0.731 bits per heavy atom. The van der Waals surface area contributed by atoms with E-state index in [2.05, 4.69) is 16.9 Å². The molecule has 142 valence electrons. The van der Waals surface area contributed by atoms with Gasteiger partial charge in [0.15, 0.2) is 17.5 Å². The predicted molar refractivity (Wildman–Crippen MR) is 103 cm³/mol. The first-order valence-electron chi connectivity index (χ1n) is 9.95. The van der Waals surface area contributed by atoms with Gasteiger partial charge in [0.1, 0.15) is 0 Å². The van der Waals surface area contributed by atoms with Gasteiger partial charge >= 0.3 is 0 Å². The van der Waals surface area contributed by atoms with Gasteiger partial charge in [0.25, 0.3) is 0 Å². The van der Waals surface area contributed by atoms with Gasteiger partial charge in [-0.1, -0.05) is 64.9 Å². The largest absolute Gasteiger partial charge is 0.236 e. The van der Waals surface area contributed by atoms with Gasteiger partial charge in [-0.05, 0) is 36.5 Å². The van der Waals surface area contributed by atoms with Crippen LogP contribution in [0.5, 0.6) is 0 Å². The summed E-state index contributed by atoms with van der Waals surface area (Å²) in [7, 11) is 0. The molecule has 0 saturated heterocycles. The van der Waals surface area contributed by atoms with E-state index in [1.54, 1.807) is 24.5 Å². The summed E-state index contributed by atoms with van der Waals surface area (Å²) in [5.74, 6) is -1.39. The van der Waals surface area contributed by atoms with Gasteiger partial charge in [0, 0.05) is 12.4 Å². The summed E-state index contributed by atoms with van der Waals surface area (Å²) in [6.07, 6.45) is 14.5. The molecule has 0 aliphatic heterocycles. The summed E-state index contributed by atoms with van der Waals surface area (Å²) in [6.45, 7) is 4.17. The van der Waals surface area contributed by atoms with E-state index in [4.69, 9.17) is 0 Å². The van der Waals surface area contributed by atoms with E-state index >= 15 is 0 Å². The number of halogens is 2. The molecule has 0 atom stereocenters. The van der Waals surface area contributed by atoms with Crippen LogP contribution in [0.25, 0.3) is 11.4 Å². The lowest BCUT2D eigenvalue weighted by Gasteiger charge is -2.08. The Balaban J connectivity index is 1.90. The summed E-state index contributed by atoms with van der Waals surface area (Å²) in [6, 6.07) is 3.21. The SMILES string of the molecule is CCCCCCCCCc1cnc(-c2ccc(CCC)c(F)c2F)nc1. The number of aryl methyl sites for hydroxylation is 2. The number of aromatic nitrogens is 2. The van der Waals surface area contributed by atoms with E-state index in [1.807, 2.05) is 6.92 Å². The second-order valence-electron chi connectivity index (χ2n) is 6.94. The van der Waals surface area contributed by atoms with Crippen LogP contribution in [-0.2, 0) is 12.8 Å². The molecule has 0 fully saturated rings. The van der Waals surface area contributed by atoms with Crippen molar-refractivity contribution in [2.24, 2.45) is 0 Å². The topological polar surface area (TPSA) is 25.8 Å². The maximum absolute atomic E-state index is 14.3. The average Bonchev–Trinajstić information content (AvgIpc) is 2.66. The van der Waals surface area contributed by atoms with Crippen molar-refractivity contribution in [3.05, 3.63) is 47.3 Å². The van der Waals surface area contributed by atoms with E-state index in [0.717, 1.165) is 24.8 Å². The quantitative estimate of drug-likeness (QED) is 0.418. The Kier molecular flexibility index (Phi) is 8.66. The lowest BCUT2D eigenvalue weighted by atomic mass is 10.0. The third kappa shape index (κ3) is 5.86. The Bertz CT molecular complexity index is 669. The summed E-state index contributed by atoms with van der Waals surface area (Å²) >= 11 is 0. The highest BCUT2D eigenvalue weighted by Crippen LogP contribution is 2.24. The highest BCUT2D eigenvalue weighted by atomic mass is 19.2. The second-order valence-corrected chi connectivity index (χ2v) is 6.94. The number of hydrogen-bond acceptors (Lipinski definition) is 2. The molecule has 2 rings (SSSR count). The molecule has 0 spiro atoms. The van der Waals surface area contributed by atoms with Crippen molar-refractivity contribution in [3.63, 3.8) is 0 Å².